The van der Waals surface area contributed by atoms with Gasteiger partial charge < -0.3 is 4.90 Å². The van der Waals surface area contributed by atoms with E-state index in [1.54, 1.807) is 0 Å². The van der Waals surface area contributed by atoms with Gasteiger partial charge in [0.1, 0.15) is 0 Å². The molecular formula is C12H15ClN2O2. The topological polar surface area (TPSA) is 46.4 Å². The summed E-state index contributed by atoms with van der Waals surface area (Å²) in [5.74, 6) is 0. The largest absolute Gasteiger partial charge is 0.372 e. The lowest BCUT2D eigenvalue weighted by atomic mass is 10.2. The number of halogens is 1. The molecule has 0 fully saturated rings. The highest BCUT2D eigenvalue weighted by atomic mass is 35.5. The molecule has 0 atom stereocenters. The summed E-state index contributed by atoms with van der Waals surface area (Å²) in [6, 6.07) is 7.50. The lowest BCUT2D eigenvalue weighted by molar-refractivity contribution is -0.410. The lowest BCUT2D eigenvalue weighted by Crippen LogP contribution is -2.21. The monoisotopic (exact) mass is 254 g/mol. The van der Waals surface area contributed by atoms with E-state index >= 15 is 0 Å². The van der Waals surface area contributed by atoms with Gasteiger partial charge in [-0.25, -0.2) is 0 Å². The summed E-state index contributed by atoms with van der Waals surface area (Å²) in [5.41, 5.74) is 1.83. The molecule has 1 aromatic carbocycles. The molecule has 0 N–H and O–H groups in total. The maximum absolute atomic E-state index is 10.4. The molecular weight excluding hydrogens is 240 g/mol. The van der Waals surface area contributed by atoms with Crippen molar-refractivity contribution in [1.29, 1.82) is 0 Å². The van der Waals surface area contributed by atoms with Crippen LogP contribution in [0.5, 0.6) is 0 Å². The Morgan fingerprint density at radius 3 is 2.29 bits per heavy atom. The van der Waals surface area contributed by atoms with E-state index in [0.717, 1.165) is 24.3 Å². The predicted octanol–water partition coefficient (Wildman–Crippen LogP) is 3.35. The van der Waals surface area contributed by atoms with Gasteiger partial charge in [-0.3, -0.25) is 10.1 Å². The van der Waals surface area contributed by atoms with Crippen LogP contribution in [0.25, 0.3) is 6.08 Å². The van der Waals surface area contributed by atoms with E-state index in [2.05, 4.69) is 18.7 Å². The summed E-state index contributed by atoms with van der Waals surface area (Å²) in [6.07, 6.45) is 1.34. The van der Waals surface area contributed by atoms with Crippen molar-refractivity contribution in [1.82, 2.24) is 0 Å². The summed E-state index contributed by atoms with van der Waals surface area (Å²) in [7, 11) is 0. The molecule has 0 unspecified atom stereocenters. The highest BCUT2D eigenvalue weighted by Gasteiger charge is 2.06. The van der Waals surface area contributed by atoms with E-state index in [1.807, 2.05) is 24.3 Å². The highest BCUT2D eigenvalue weighted by Crippen LogP contribution is 2.17. The van der Waals surface area contributed by atoms with Crippen LogP contribution in [0.3, 0.4) is 0 Å². The van der Waals surface area contributed by atoms with Crippen LogP contribution in [0.15, 0.2) is 29.4 Å². The maximum Gasteiger partial charge on any atom is 0.337 e. The summed E-state index contributed by atoms with van der Waals surface area (Å²) in [5, 5.41) is 9.99. The molecule has 4 nitrogen and oxygen atoms in total. The van der Waals surface area contributed by atoms with E-state index in [-0.39, 0.29) is 5.16 Å². The van der Waals surface area contributed by atoms with Crippen LogP contribution >= 0.6 is 11.6 Å². The van der Waals surface area contributed by atoms with Crippen molar-refractivity contribution in [2.75, 3.05) is 18.0 Å². The van der Waals surface area contributed by atoms with E-state index in [0.29, 0.717) is 0 Å². The molecule has 1 rings (SSSR count). The van der Waals surface area contributed by atoms with Crippen LogP contribution in [0.4, 0.5) is 5.69 Å². The van der Waals surface area contributed by atoms with Crippen molar-refractivity contribution >= 4 is 23.4 Å². The van der Waals surface area contributed by atoms with E-state index in [9.17, 15) is 10.1 Å². The van der Waals surface area contributed by atoms with Crippen LogP contribution in [-0.4, -0.2) is 18.0 Å². The van der Waals surface area contributed by atoms with Gasteiger partial charge in [-0.05, 0) is 43.1 Å². The van der Waals surface area contributed by atoms with Gasteiger partial charge in [-0.2, -0.15) is 0 Å². The predicted molar refractivity (Wildman–Crippen MR) is 70.8 cm³/mol. The molecule has 0 saturated heterocycles. The Labute approximate surface area is 106 Å². The Morgan fingerprint density at radius 2 is 1.88 bits per heavy atom. The van der Waals surface area contributed by atoms with Crippen molar-refractivity contribution in [2.45, 2.75) is 13.8 Å². The first-order valence-corrected chi connectivity index (χ1v) is 5.82. The fourth-order valence-corrected chi connectivity index (χ4v) is 1.69. The normalized spacial score (nSPS) is 11.4. The fourth-order valence-electron chi connectivity index (χ4n) is 1.56. The van der Waals surface area contributed by atoms with Gasteiger partial charge >= 0.3 is 5.16 Å². The van der Waals surface area contributed by atoms with E-state index < -0.39 is 4.92 Å². The molecule has 1 aromatic rings. The van der Waals surface area contributed by atoms with Crippen LogP contribution in [0.1, 0.15) is 19.4 Å². The number of nitro groups is 1. The molecule has 5 heteroatoms. The third-order valence-corrected chi connectivity index (χ3v) is 2.73. The molecule has 0 saturated carbocycles. The smallest absolute Gasteiger partial charge is 0.337 e. The zero-order chi connectivity index (χ0) is 12.8. The minimum atomic E-state index is -0.611. The summed E-state index contributed by atoms with van der Waals surface area (Å²) in [6.45, 7) is 6.03. The molecule has 0 aromatic heterocycles. The first-order chi connectivity index (χ1) is 8.08. The third-order valence-electron chi connectivity index (χ3n) is 2.48. The number of hydrogen-bond acceptors (Lipinski definition) is 3. The minimum Gasteiger partial charge on any atom is -0.372 e. The summed E-state index contributed by atoms with van der Waals surface area (Å²) in [4.78, 5) is 12.0. The zero-order valence-corrected chi connectivity index (χ0v) is 10.6. The molecule has 0 aliphatic rings. The first kappa shape index (κ1) is 13.5. The molecule has 17 heavy (non-hydrogen) atoms. The SMILES string of the molecule is CCN(CC)c1ccc(/C=C(\Cl)[N+](=O)[O-])cc1. The molecule has 92 valence electrons. The molecule has 0 amide bonds. The number of nitrogens with zero attached hydrogens (tertiary/aromatic N) is 2. The maximum atomic E-state index is 10.4. The van der Waals surface area contributed by atoms with E-state index in [4.69, 9.17) is 11.6 Å². The molecule has 0 aliphatic carbocycles. The van der Waals surface area contributed by atoms with Crippen molar-refractivity contribution in [3.63, 3.8) is 0 Å². The molecule has 0 aliphatic heterocycles. The van der Waals surface area contributed by atoms with E-state index in [1.165, 1.54) is 6.08 Å². The number of benzene rings is 1. The Hall–Kier alpha value is -1.55. The van der Waals surface area contributed by atoms with Crippen molar-refractivity contribution < 1.29 is 4.92 Å². The average molecular weight is 255 g/mol. The second-order valence-corrected chi connectivity index (χ2v) is 3.88. The Kier molecular flexibility index (Phi) is 4.97. The second kappa shape index (κ2) is 6.25. The van der Waals surface area contributed by atoms with Gasteiger partial charge in [0, 0.05) is 24.9 Å². The van der Waals surface area contributed by atoms with Crippen molar-refractivity contribution in [3.05, 3.63) is 45.1 Å². The van der Waals surface area contributed by atoms with Gasteiger partial charge in [-0.1, -0.05) is 12.1 Å². The second-order valence-electron chi connectivity index (χ2n) is 3.49. The van der Waals surface area contributed by atoms with Crippen molar-refractivity contribution in [2.24, 2.45) is 0 Å². The molecule has 0 heterocycles. The number of anilines is 1. The summed E-state index contributed by atoms with van der Waals surface area (Å²) < 4.78 is 0. The van der Waals surface area contributed by atoms with Crippen LogP contribution in [0.2, 0.25) is 0 Å². The quantitative estimate of drug-likeness (QED) is 0.460. The standard InChI is InChI=1S/C12H15ClN2O2/c1-3-14(4-2)11-7-5-10(6-8-11)9-12(13)15(16)17/h5-9H,3-4H2,1-2H3/b12-9+. The van der Waals surface area contributed by atoms with Crippen LogP contribution in [0, 0.1) is 10.1 Å². The van der Waals surface area contributed by atoms with Crippen LogP contribution < -0.4 is 4.90 Å². The zero-order valence-electron chi connectivity index (χ0n) is 9.89. The molecule has 0 bridgehead atoms. The van der Waals surface area contributed by atoms with Gasteiger partial charge in [0.15, 0.2) is 0 Å². The highest BCUT2D eigenvalue weighted by molar-refractivity contribution is 6.29. The average Bonchev–Trinajstić information content (AvgIpc) is 2.32. The fraction of sp³-hybridized carbons (Fsp3) is 0.333. The van der Waals surface area contributed by atoms with Gasteiger partial charge in [0.2, 0.25) is 0 Å². The minimum absolute atomic E-state index is 0.374. The first-order valence-electron chi connectivity index (χ1n) is 5.45. The van der Waals surface area contributed by atoms with Gasteiger partial charge in [0.05, 0.1) is 4.92 Å². The summed E-state index contributed by atoms with van der Waals surface area (Å²) >= 11 is 5.46. The number of hydrogen-bond donors (Lipinski definition) is 0. The molecule has 0 spiro atoms. The van der Waals surface area contributed by atoms with Crippen LogP contribution in [-0.2, 0) is 0 Å². The Balaban J connectivity index is 2.88. The molecule has 0 radical (unpaired) electrons. The van der Waals surface area contributed by atoms with Crippen molar-refractivity contribution in [3.8, 4) is 0 Å². The van der Waals surface area contributed by atoms with Gasteiger partial charge in [-0.15, -0.1) is 0 Å². The van der Waals surface area contributed by atoms with Gasteiger partial charge in [0.25, 0.3) is 0 Å². The Morgan fingerprint density at radius 1 is 1.35 bits per heavy atom. The third kappa shape index (κ3) is 3.75. The number of rotatable bonds is 5. The lowest BCUT2D eigenvalue weighted by Gasteiger charge is -2.20. The Bertz CT molecular complexity index is 411.